The number of hydrogen-bond acceptors (Lipinski definition) is 4. The van der Waals surface area contributed by atoms with Crippen LogP contribution in [0.15, 0.2) is 11.4 Å². The number of thiophene rings is 1. The molecule has 0 amide bonds. The van der Waals surface area contributed by atoms with Gasteiger partial charge in [-0.25, -0.2) is 0 Å². The van der Waals surface area contributed by atoms with E-state index in [9.17, 15) is 0 Å². The average molecular weight is 240 g/mol. The topological polar surface area (TPSA) is 47.3 Å². The van der Waals surface area contributed by atoms with Gasteiger partial charge in [0.05, 0.1) is 6.10 Å². The molecule has 3 N–H and O–H groups in total. The van der Waals surface area contributed by atoms with Crippen molar-refractivity contribution in [1.82, 2.24) is 5.32 Å². The molecule has 0 radical (unpaired) electrons. The molecule has 0 spiro atoms. The third-order valence-corrected chi connectivity index (χ3v) is 3.92. The Morgan fingerprint density at radius 3 is 3.12 bits per heavy atom. The zero-order chi connectivity index (χ0) is 11.2. The first kappa shape index (κ1) is 11.9. The van der Waals surface area contributed by atoms with Crippen molar-refractivity contribution in [3.63, 3.8) is 0 Å². The van der Waals surface area contributed by atoms with E-state index in [0.29, 0.717) is 6.10 Å². The van der Waals surface area contributed by atoms with Crippen molar-refractivity contribution in [2.45, 2.75) is 38.3 Å². The second kappa shape index (κ2) is 6.23. The first-order valence-corrected chi connectivity index (χ1v) is 6.88. The molecule has 1 atom stereocenters. The smallest absolute Gasteiger partial charge is 0.0587 e. The van der Waals surface area contributed by atoms with E-state index in [-0.39, 0.29) is 0 Å². The van der Waals surface area contributed by atoms with Gasteiger partial charge in [-0.1, -0.05) is 0 Å². The van der Waals surface area contributed by atoms with Crippen molar-refractivity contribution in [2.75, 3.05) is 18.9 Å². The van der Waals surface area contributed by atoms with Crippen LogP contribution >= 0.6 is 11.3 Å². The van der Waals surface area contributed by atoms with Gasteiger partial charge in [-0.15, -0.1) is 11.3 Å². The van der Waals surface area contributed by atoms with Crippen LogP contribution < -0.4 is 11.1 Å². The van der Waals surface area contributed by atoms with Gasteiger partial charge in [0.15, 0.2) is 0 Å². The fraction of sp³-hybridized carbons (Fsp3) is 0.667. The van der Waals surface area contributed by atoms with Gasteiger partial charge in [-0.3, -0.25) is 0 Å². The third kappa shape index (κ3) is 3.47. The number of nitrogen functional groups attached to an aromatic ring is 1. The highest BCUT2D eigenvalue weighted by Gasteiger charge is 2.12. The number of nitrogens with two attached hydrogens (primary N) is 1. The minimum atomic E-state index is 0.474. The SMILES string of the molecule is Nc1ccsc1CNCCC1CCCCO1. The van der Waals surface area contributed by atoms with Crippen LogP contribution in [0, 0.1) is 0 Å². The van der Waals surface area contributed by atoms with Crippen LogP contribution in [0.3, 0.4) is 0 Å². The van der Waals surface area contributed by atoms with Crippen molar-refractivity contribution < 1.29 is 4.74 Å². The summed E-state index contributed by atoms with van der Waals surface area (Å²) in [5.74, 6) is 0. The zero-order valence-electron chi connectivity index (χ0n) is 9.58. The largest absolute Gasteiger partial charge is 0.398 e. The van der Waals surface area contributed by atoms with Gasteiger partial charge in [-0.05, 0) is 43.7 Å². The molecule has 0 bridgehead atoms. The van der Waals surface area contributed by atoms with Crippen LogP contribution in [0.4, 0.5) is 5.69 Å². The van der Waals surface area contributed by atoms with Crippen LogP contribution in [0.1, 0.15) is 30.6 Å². The van der Waals surface area contributed by atoms with Crippen molar-refractivity contribution >= 4 is 17.0 Å². The number of rotatable bonds is 5. The summed E-state index contributed by atoms with van der Waals surface area (Å²) in [5, 5.41) is 5.46. The molecule has 2 rings (SSSR count). The molecule has 0 saturated carbocycles. The van der Waals surface area contributed by atoms with E-state index in [4.69, 9.17) is 10.5 Å². The highest BCUT2D eigenvalue weighted by Crippen LogP contribution is 2.18. The number of nitrogens with one attached hydrogen (secondary N) is 1. The van der Waals surface area contributed by atoms with Crippen molar-refractivity contribution in [1.29, 1.82) is 0 Å². The lowest BCUT2D eigenvalue weighted by atomic mass is 10.1. The Hall–Kier alpha value is -0.580. The van der Waals surface area contributed by atoms with E-state index < -0.39 is 0 Å². The van der Waals surface area contributed by atoms with Crippen molar-refractivity contribution in [2.24, 2.45) is 0 Å². The maximum absolute atomic E-state index is 5.81. The van der Waals surface area contributed by atoms with E-state index in [0.717, 1.165) is 31.8 Å². The Balaban J connectivity index is 1.59. The Morgan fingerprint density at radius 1 is 1.50 bits per heavy atom. The van der Waals surface area contributed by atoms with E-state index in [1.54, 1.807) is 11.3 Å². The van der Waals surface area contributed by atoms with Gasteiger partial charge in [0.25, 0.3) is 0 Å². The molecule has 1 aliphatic rings. The molecule has 3 nitrogen and oxygen atoms in total. The van der Waals surface area contributed by atoms with Crippen molar-refractivity contribution in [3.05, 3.63) is 16.3 Å². The summed E-state index contributed by atoms with van der Waals surface area (Å²) >= 11 is 1.72. The first-order chi connectivity index (χ1) is 7.86. The molecule has 1 saturated heterocycles. The molecular formula is C12H20N2OS. The van der Waals surface area contributed by atoms with E-state index in [1.807, 2.05) is 11.4 Å². The van der Waals surface area contributed by atoms with Crippen molar-refractivity contribution in [3.8, 4) is 0 Å². The molecule has 16 heavy (non-hydrogen) atoms. The lowest BCUT2D eigenvalue weighted by Gasteiger charge is -2.22. The fourth-order valence-electron chi connectivity index (χ4n) is 1.99. The summed E-state index contributed by atoms with van der Waals surface area (Å²) in [4.78, 5) is 1.24. The molecule has 1 fully saturated rings. The number of hydrogen-bond donors (Lipinski definition) is 2. The summed E-state index contributed by atoms with van der Waals surface area (Å²) in [6.07, 6.45) is 5.37. The molecular weight excluding hydrogens is 220 g/mol. The normalized spacial score (nSPS) is 21.1. The van der Waals surface area contributed by atoms with Crippen LogP contribution in [-0.4, -0.2) is 19.3 Å². The van der Waals surface area contributed by atoms with Gasteiger partial charge < -0.3 is 15.8 Å². The highest BCUT2D eigenvalue weighted by atomic mass is 32.1. The maximum atomic E-state index is 5.81. The molecule has 0 aliphatic carbocycles. The lowest BCUT2D eigenvalue weighted by Crippen LogP contribution is -2.25. The highest BCUT2D eigenvalue weighted by molar-refractivity contribution is 7.10. The predicted octanol–water partition coefficient (Wildman–Crippen LogP) is 2.38. The Bertz CT molecular complexity index is 308. The standard InChI is InChI=1S/C12H20N2OS/c13-11-5-8-16-12(11)9-14-6-4-10-3-1-2-7-15-10/h5,8,10,14H,1-4,6-7,9,13H2. The van der Waals surface area contributed by atoms with Gasteiger partial charge >= 0.3 is 0 Å². The van der Waals surface area contributed by atoms with E-state index in [1.165, 1.54) is 24.1 Å². The van der Waals surface area contributed by atoms with Crippen LogP contribution in [0.5, 0.6) is 0 Å². The summed E-state index contributed by atoms with van der Waals surface area (Å²) < 4.78 is 5.68. The van der Waals surface area contributed by atoms with Gasteiger partial charge in [-0.2, -0.15) is 0 Å². The molecule has 1 aromatic rings. The second-order valence-corrected chi connectivity index (χ2v) is 5.25. The van der Waals surface area contributed by atoms with E-state index >= 15 is 0 Å². The molecule has 2 heterocycles. The quantitative estimate of drug-likeness (QED) is 0.777. The molecule has 1 unspecified atom stereocenters. The van der Waals surface area contributed by atoms with Crippen LogP contribution in [-0.2, 0) is 11.3 Å². The molecule has 1 aliphatic heterocycles. The average Bonchev–Trinajstić information content (AvgIpc) is 2.72. The number of anilines is 1. The minimum absolute atomic E-state index is 0.474. The number of ether oxygens (including phenoxy) is 1. The molecule has 4 heteroatoms. The Kier molecular flexibility index (Phi) is 4.63. The minimum Gasteiger partial charge on any atom is -0.398 e. The maximum Gasteiger partial charge on any atom is 0.0587 e. The molecule has 90 valence electrons. The fourth-order valence-corrected chi connectivity index (χ4v) is 2.76. The molecule has 0 aromatic carbocycles. The zero-order valence-corrected chi connectivity index (χ0v) is 10.4. The Labute approximate surface area is 101 Å². The summed E-state index contributed by atoms with van der Waals surface area (Å²) in [6.45, 7) is 2.85. The van der Waals surface area contributed by atoms with Crippen LogP contribution in [0.2, 0.25) is 0 Å². The Morgan fingerprint density at radius 2 is 2.44 bits per heavy atom. The monoisotopic (exact) mass is 240 g/mol. The van der Waals surface area contributed by atoms with Gasteiger partial charge in [0.1, 0.15) is 0 Å². The van der Waals surface area contributed by atoms with Gasteiger partial charge in [0, 0.05) is 23.7 Å². The van der Waals surface area contributed by atoms with Crippen LogP contribution in [0.25, 0.3) is 0 Å². The van der Waals surface area contributed by atoms with E-state index in [2.05, 4.69) is 5.32 Å². The summed E-state index contributed by atoms with van der Waals surface area (Å²) in [6, 6.07) is 1.96. The lowest BCUT2D eigenvalue weighted by molar-refractivity contribution is 0.0115. The summed E-state index contributed by atoms with van der Waals surface area (Å²) in [7, 11) is 0. The first-order valence-electron chi connectivity index (χ1n) is 6.00. The molecule has 1 aromatic heterocycles. The predicted molar refractivity (Wildman–Crippen MR) is 68.6 cm³/mol. The van der Waals surface area contributed by atoms with Gasteiger partial charge in [0.2, 0.25) is 0 Å². The third-order valence-electron chi connectivity index (χ3n) is 2.98. The second-order valence-electron chi connectivity index (χ2n) is 4.25. The summed E-state index contributed by atoms with van der Waals surface area (Å²) in [5.41, 5.74) is 6.72.